The number of rotatable bonds is 4. The molecule has 0 N–H and O–H groups in total. The Hall–Kier alpha value is -3.85. The van der Waals surface area contributed by atoms with Crippen molar-refractivity contribution in [3.8, 4) is 22.6 Å². The monoisotopic (exact) mass is 418 g/mol. The summed E-state index contributed by atoms with van der Waals surface area (Å²) >= 11 is 0. The van der Waals surface area contributed by atoms with E-state index in [0.29, 0.717) is 5.89 Å². The lowest BCUT2D eigenvalue weighted by Gasteiger charge is -2.38. The fourth-order valence-electron chi connectivity index (χ4n) is 4.16. The van der Waals surface area contributed by atoms with Gasteiger partial charge in [0.05, 0.1) is 5.69 Å². The summed E-state index contributed by atoms with van der Waals surface area (Å²) < 4.78 is 6.34. The number of anilines is 2. The number of fused-ring (bicyclic) bond motifs is 1. The van der Waals surface area contributed by atoms with Crippen LogP contribution in [0.5, 0.6) is 0 Å². The van der Waals surface area contributed by atoms with E-state index in [1.807, 2.05) is 42.5 Å². The van der Waals surface area contributed by atoms with Crippen LogP contribution in [0.4, 0.5) is 11.4 Å². The van der Waals surface area contributed by atoms with Crippen molar-refractivity contribution in [2.24, 2.45) is 0 Å². The van der Waals surface area contributed by atoms with E-state index in [1.165, 1.54) is 11.1 Å². The van der Waals surface area contributed by atoms with E-state index in [2.05, 4.69) is 86.3 Å². The molecule has 0 unspecified atom stereocenters. The minimum Gasteiger partial charge on any atom is -0.434 e. The van der Waals surface area contributed by atoms with Gasteiger partial charge in [0.15, 0.2) is 5.58 Å². The Morgan fingerprint density at radius 1 is 0.656 bits per heavy atom. The van der Waals surface area contributed by atoms with Gasteiger partial charge in [0.2, 0.25) is 5.89 Å². The van der Waals surface area contributed by atoms with Gasteiger partial charge in [-0.3, -0.25) is 0 Å². The second-order valence-corrected chi connectivity index (χ2v) is 8.93. The van der Waals surface area contributed by atoms with Crippen molar-refractivity contribution in [2.75, 3.05) is 4.90 Å². The average Bonchev–Trinajstić information content (AvgIpc) is 3.25. The first-order chi connectivity index (χ1) is 15.5. The summed E-state index contributed by atoms with van der Waals surface area (Å²) in [6, 6.07) is 35.4. The van der Waals surface area contributed by atoms with Crippen LogP contribution < -0.4 is 4.90 Å². The van der Waals surface area contributed by atoms with Gasteiger partial charge in [-0.05, 0) is 68.3 Å². The lowest BCUT2D eigenvalue weighted by Crippen LogP contribution is -2.37. The Morgan fingerprint density at radius 3 is 1.97 bits per heavy atom. The summed E-state index contributed by atoms with van der Waals surface area (Å²) in [6.07, 6.45) is 0. The number of nitrogens with zero attached hydrogens (tertiary/aromatic N) is 2. The summed E-state index contributed by atoms with van der Waals surface area (Å²) in [5.74, 6) is 0.639. The minimum atomic E-state index is -0.177. The molecule has 5 rings (SSSR count). The zero-order chi connectivity index (χ0) is 22.1. The van der Waals surface area contributed by atoms with E-state index < -0.39 is 0 Å². The predicted octanol–water partition coefficient (Wildman–Crippen LogP) is 8.10. The molecule has 32 heavy (non-hydrogen) atoms. The van der Waals surface area contributed by atoms with Gasteiger partial charge in [0.25, 0.3) is 0 Å². The number of aromatic nitrogens is 1. The van der Waals surface area contributed by atoms with Crippen LogP contribution in [0, 0.1) is 0 Å². The molecule has 0 fully saturated rings. The van der Waals surface area contributed by atoms with Gasteiger partial charge in [-0.25, -0.2) is 4.98 Å². The third-order valence-corrected chi connectivity index (χ3v) is 5.54. The minimum absolute atomic E-state index is 0.177. The highest BCUT2D eigenvalue weighted by molar-refractivity contribution is 5.91. The number of para-hydroxylation sites is 1. The van der Waals surface area contributed by atoms with Crippen LogP contribution in [0.3, 0.4) is 0 Å². The Kier molecular flexibility index (Phi) is 5.02. The summed E-state index contributed by atoms with van der Waals surface area (Å²) in [7, 11) is 0. The molecule has 3 heteroatoms. The molecule has 1 aromatic heterocycles. The summed E-state index contributed by atoms with van der Waals surface area (Å²) in [5.41, 5.74) is 6.96. The van der Waals surface area contributed by atoms with Crippen LogP contribution in [0.15, 0.2) is 108 Å². The maximum Gasteiger partial charge on any atom is 0.227 e. The smallest absolute Gasteiger partial charge is 0.227 e. The molecular weight excluding hydrogens is 392 g/mol. The number of hydrogen-bond acceptors (Lipinski definition) is 3. The fourth-order valence-corrected chi connectivity index (χ4v) is 4.16. The molecular formula is C29H26N2O. The van der Waals surface area contributed by atoms with Crippen molar-refractivity contribution in [3.63, 3.8) is 0 Å². The topological polar surface area (TPSA) is 29.3 Å². The highest BCUT2D eigenvalue weighted by Gasteiger charge is 2.27. The molecule has 0 spiro atoms. The molecule has 0 saturated heterocycles. The van der Waals surface area contributed by atoms with Crippen LogP contribution >= 0.6 is 0 Å². The van der Waals surface area contributed by atoms with Gasteiger partial charge in [0.1, 0.15) is 5.52 Å². The second-order valence-electron chi connectivity index (χ2n) is 8.93. The molecule has 0 saturated carbocycles. The van der Waals surface area contributed by atoms with Gasteiger partial charge >= 0.3 is 0 Å². The maximum absolute atomic E-state index is 6.34. The summed E-state index contributed by atoms with van der Waals surface area (Å²) in [4.78, 5) is 7.11. The molecule has 0 bridgehead atoms. The van der Waals surface area contributed by atoms with E-state index in [4.69, 9.17) is 9.40 Å². The maximum atomic E-state index is 6.34. The van der Waals surface area contributed by atoms with Crippen molar-refractivity contribution in [1.29, 1.82) is 0 Å². The largest absolute Gasteiger partial charge is 0.434 e. The number of oxazole rings is 1. The lowest BCUT2D eigenvalue weighted by atomic mass is 10.00. The van der Waals surface area contributed by atoms with Crippen LogP contribution in [0.1, 0.15) is 20.8 Å². The van der Waals surface area contributed by atoms with Crippen molar-refractivity contribution in [1.82, 2.24) is 4.98 Å². The van der Waals surface area contributed by atoms with Crippen LogP contribution in [-0.2, 0) is 0 Å². The number of hydrogen-bond donors (Lipinski definition) is 0. The van der Waals surface area contributed by atoms with Crippen LogP contribution in [0.25, 0.3) is 33.7 Å². The van der Waals surface area contributed by atoms with Crippen LogP contribution in [-0.4, -0.2) is 10.5 Å². The van der Waals surface area contributed by atoms with E-state index in [0.717, 1.165) is 28.0 Å². The molecule has 158 valence electrons. The first-order valence-corrected chi connectivity index (χ1v) is 10.9. The van der Waals surface area contributed by atoms with Crippen LogP contribution in [0.2, 0.25) is 0 Å². The molecule has 0 aliphatic heterocycles. The van der Waals surface area contributed by atoms with Crippen molar-refractivity contribution in [3.05, 3.63) is 103 Å². The molecule has 5 aromatic rings. The highest BCUT2D eigenvalue weighted by Crippen LogP contribution is 2.40. The molecule has 1 heterocycles. The summed E-state index contributed by atoms with van der Waals surface area (Å²) in [6.45, 7) is 6.65. The molecule has 0 aliphatic rings. The Morgan fingerprint density at radius 2 is 1.28 bits per heavy atom. The first-order valence-electron chi connectivity index (χ1n) is 10.9. The Labute approximate surface area is 189 Å². The first kappa shape index (κ1) is 20.1. The molecule has 0 aliphatic carbocycles. The molecule has 4 aromatic carbocycles. The standard InChI is InChI=1S/C29H26N2O/c1-29(2,3)31(24-17-10-16-23(20-24)21-12-6-4-7-13-21)26-19-11-18-25-27(26)32-28(30-25)22-14-8-5-9-15-22/h4-20H,1-3H3. The van der Waals surface area contributed by atoms with Gasteiger partial charge < -0.3 is 9.32 Å². The second kappa shape index (κ2) is 8.01. The molecule has 0 amide bonds. The number of benzene rings is 4. The van der Waals surface area contributed by atoms with E-state index in [1.54, 1.807) is 0 Å². The van der Waals surface area contributed by atoms with Gasteiger partial charge in [0, 0.05) is 16.8 Å². The summed E-state index contributed by atoms with van der Waals surface area (Å²) in [5, 5.41) is 0. The van der Waals surface area contributed by atoms with Crippen molar-refractivity contribution >= 4 is 22.5 Å². The highest BCUT2D eigenvalue weighted by atomic mass is 16.3. The van der Waals surface area contributed by atoms with E-state index in [-0.39, 0.29) is 5.54 Å². The van der Waals surface area contributed by atoms with Gasteiger partial charge in [-0.1, -0.05) is 66.7 Å². The molecule has 0 atom stereocenters. The average molecular weight is 419 g/mol. The van der Waals surface area contributed by atoms with E-state index >= 15 is 0 Å². The van der Waals surface area contributed by atoms with E-state index in [9.17, 15) is 0 Å². The predicted molar refractivity (Wildman–Crippen MR) is 133 cm³/mol. The lowest BCUT2D eigenvalue weighted by molar-refractivity contribution is 0.554. The Bertz CT molecular complexity index is 1350. The zero-order valence-electron chi connectivity index (χ0n) is 18.6. The molecule has 0 radical (unpaired) electrons. The third-order valence-electron chi connectivity index (χ3n) is 5.54. The normalized spacial score (nSPS) is 11.6. The Balaban J connectivity index is 1.66. The van der Waals surface area contributed by atoms with Gasteiger partial charge in [-0.2, -0.15) is 0 Å². The van der Waals surface area contributed by atoms with Crippen molar-refractivity contribution in [2.45, 2.75) is 26.3 Å². The van der Waals surface area contributed by atoms with Crippen molar-refractivity contribution < 1.29 is 4.42 Å². The van der Waals surface area contributed by atoms with Gasteiger partial charge in [-0.15, -0.1) is 0 Å². The fraction of sp³-hybridized carbons (Fsp3) is 0.138. The zero-order valence-corrected chi connectivity index (χ0v) is 18.6. The molecule has 3 nitrogen and oxygen atoms in total. The SMILES string of the molecule is CC(C)(C)N(c1cccc(-c2ccccc2)c1)c1cccc2nc(-c3ccccc3)oc12. The quantitative estimate of drug-likeness (QED) is 0.295. The third kappa shape index (κ3) is 3.78.